The van der Waals surface area contributed by atoms with Crippen molar-refractivity contribution in [1.82, 2.24) is 0 Å². The van der Waals surface area contributed by atoms with Gasteiger partial charge in [0.05, 0.1) is 23.5 Å². The van der Waals surface area contributed by atoms with E-state index in [1.807, 2.05) is 19.1 Å². The smallest absolute Gasteiger partial charge is 0.418 e. The van der Waals surface area contributed by atoms with Gasteiger partial charge in [-0.1, -0.05) is 49.4 Å². The van der Waals surface area contributed by atoms with Crippen LogP contribution in [0.3, 0.4) is 0 Å². The Hall–Kier alpha value is -4.01. The van der Waals surface area contributed by atoms with Crippen LogP contribution in [0, 0.1) is 5.92 Å². The number of carbonyl (C=O) groups is 2. The molecule has 216 valence electrons. The molecule has 9 heteroatoms. The third kappa shape index (κ3) is 6.50. The van der Waals surface area contributed by atoms with Crippen LogP contribution in [0.1, 0.15) is 62.5 Å². The molecule has 2 N–H and O–H groups in total. The minimum atomic E-state index is -4.59. The molecule has 0 saturated heterocycles. The SMILES string of the molecule is CCC1CN(C(=O)Nc2ccccc2C(F)(F)F)c2ccc(-c3ccc([C@H]4CC[C@H](CC(=O)O)CC4)cc3)cc2O1. The number of carbonyl (C=O) groups excluding carboxylic acids is 1. The molecule has 1 aliphatic heterocycles. The number of anilines is 2. The molecule has 0 aromatic heterocycles. The number of rotatable bonds is 6. The van der Waals surface area contributed by atoms with Crippen LogP contribution in [0.4, 0.5) is 29.3 Å². The second-order valence-corrected chi connectivity index (χ2v) is 10.9. The first-order valence-corrected chi connectivity index (χ1v) is 14.0. The number of hydrogen-bond donors (Lipinski definition) is 2. The summed E-state index contributed by atoms with van der Waals surface area (Å²) in [6.07, 6.45) is -0.234. The fourth-order valence-electron chi connectivity index (χ4n) is 5.85. The Bertz CT molecular complexity index is 1400. The number of ether oxygens (including phenoxy) is 1. The van der Waals surface area contributed by atoms with Crippen LogP contribution < -0.4 is 15.0 Å². The van der Waals surface area contributed by atoms with Gasteiger partial charge in [-0.05, 0) is 84.9 Å². The van der Waals surface area contributed by atoms with Crippen LogP contribution in [0.2, 0.25) is 0 Å². The van der Waals surface area contributed by atoms with Gasteiger partial charge < -0.3 is 15.2 Å². The number of alkyl halides is 3. The number of aliphatic carboxylic acids is 1. The van der Waals surface area contributed by atoms with Gasteiger partial charge in [0.1, 0.15) is 11.9 Å². The first-order chi connectivity index (χ1) is 19.6. The van der Waals surface area contributed by atoms with Gasteiger partial charge in [0.2, 0.25) is 0 Å². The summed E-state index contributed by atoms with van der Waals surface area (Å²) in [4.78, 5) is 25.7. The van der Waals surface area contributed by atoms with E-state index in [2.05, 4.69) is 29.6 Å². The fourth-order valence-corrected chi connectivity index (χ4v) is 5.85. The van der Waals surface area contributed by atoms with Crippen LogP contribution in [0.5, 0.6) is 5.75 Å². The molecule has 1 saturated carbocycles. The van der Waals surface area contributed by atoms with E-state index in [-0.39, 0.29) is 30.7 Å². The molecular formula is C32H33F3N2O4. The van der Waals surface area contributed by atoms with Crippen molar-refractivity contribution in [3.05, 3.63) is 77.9 Å². The number of halogens is 3. The van der Waals surface area contributed by atoms with Gasteiger partial charge in [0, 0.05) is 6.42 Å². The Labute approximate surface area is 237 Å². The molecule has 41 heavy (non-hydrogen) atoms. The van der Waals surface area contributed by atoms with E-state index in [0.29, 0.717) is 23.8 Å². The Kier molecular flexibility index (Phi) is 8.24. The highest BCUT2D eigenvalue weighted by molar-refractivity contribution is 6.03. The van der Waals surface area contributed by atoms with Gasteiger partial charge in [0.25, 0.3) is 0 Å². The molecular weight excluding hydrogens is 533 g/mol. The Balaban J connectivity index is 1.33. The van der Waals surface area contributed by atoms with E-state index in [1.165, 1.54) is 28.7 Å². The average molecular weight is 567 g/mol. The summed E-state index contributed by atoms with van der Waals surface area (Å²) in [6.45, 7) is 2.15. The summed E-state index contributed by atoms with van der Waals surface area (Å²) in [5.41, 5.74) is 2.42. The summed E-state index contributed by atoms with van der Waals surface area (Å²) >= 11 is 0. The highest BCUT2D eigenvalue weighted by Gasteiger charge is 2.35. The lowest BCUT2D eigenvalue weighted by Gasteiger charge is -2.35. The van der Waals surface area contributed by atoms with Gasteiger partial charge in [-0.15, -0.1) is 0 Å². The van der Waals surface area contributed by atoms with Gasteiger partial charge in [-0.3, -0.25) is 9.69 Å². The van der Waals surface area contributed by atoms with Gasteiger partial charge in [0.15, 0.2) is 0 Å². The van der Waals surface area contributed by atoms with Crippen LogP contribution >= 0.6 is 0 Å². The van der Waals surface area contributed by atoms with E-state index in [1.54, 1.807) is 6.07 Å². The Morgan fingerprint density at radius 1 is 0.976 bits per heavy atom. The molecule has 1 atom stereocenters. The number of para-hydroxylation sites is 1. The number of carboxylic acids is 1. The van der Waals surface area contributed by atoms with E-state index in [0.717, 1.165) is 42.9 Å². The quantitative estimate of drug-likeness (QED) is 0.314. The lowest BCUT2D eigenvalue weighted by molar-refractivity contribution is -0.138. The molecule has 3 aromatic carbocycles. The minimum absolute atomic E-state index is 0.215. The first kappa shape index (κ1) is 28.5. The predicted molar refractivity (Wildman–Crippen MR) is 151 cm³/mol. The van der Waals surface area contributed by atoms with Crippen LogP contribution in [0.25, 0.3) is 11.1 Å². The number of nitrogens with zero attached hydrogens (tertiary/aromatic N) is 1. The normalized spacial score (nSPS) is 20.6. The lowest BCUT2D eigenvalue weighted by Crippen LogP contribution is -2.45. The zero-order valence-corrected chi connectivity index (χ0v) is 22.8. The maximum absolute atomic E-state index is 13.5. The highest BCUT2D eigenvalue weighted by Crippen LogP contribution is 2.41. The van der Waals surface area contributed by atoms with Crippen LogP contribution in [-0.4, -0.2) is 29.8 Å². The number of hydrogen-bond acceptors (Lipinski definition) is 3. The minimum Gasteiger partial charge on any atom is -0.486 e. The zero-order valence-electron chi connectivity index (χ0n) is 22.8. The van der Waals surface area contributed by atoms with Crippen molar-refractivity contribution in [2.45, 2.75) is 63.6 Å². The third-order valence-electron chi connectivity index (χ3n) is 8.13. The topological polar surface area (TPSA) is 78.9 Å². The summed E-state index contributed by atoms with van der Waals surface area (Å²) in [5, 5.41) is 11.5. The van der Waals surface area contributed by atoms with Crippen molar-refractivity contribution in [3.8, 4) is 16.9 Å². The van der Waals surface area contributed by atoms with Crippen LogP contribution in [0.15, 0.2) is 66.7 Å². The van der Waals surface area contributed by atoms with Crippen molar-refractivity contribution in [2.75, 3.05) is 16.8 Å². The second kappa shape index (κ2) is 11.8. The number of benzene rings is 3. The van der Waals surface area contributed by atoms with Crippen molar-refractivity contribution in [2.24, 2.45) is 5.92 Å². The zero-order chi connectivity index (χ0) is 29.1. The number of nitrogens with one attached hydrogen (secondary N) is 1. The Morgan fingerprint density at radius 2 is 1.66 bits per heavy atom. The predicted octanol–water partition coefficient (Wildman–Crippen LogP) is 8.33. The molecule has 1 unspecified atom stereocenters. The number of carboxylic acid groups (broad SMARTS) is 1. The van der Waals surface area contributed by atoms with Gasteiger partial charge in [-0.25, -0.2) is 4.79 Å². The molecule has 5 rings (SSSR count). The number of amides is 2. The highest BCUT2D eigenvalue weighted by atomic mass is 19.4. The van der Waals surface area contributed by atoms with E-state index < -0.39 is 23.7 Å². The number of urea groups is 1. The maximum Gasteiger partial charge on any atom is 0.418 e. The molecule has 1 aliphatic carbocycles. The third-order valence-corrected chi connectivity index (χ3v) is 8.13. The number of fused-ring (bicyclic) bond motifs is 1. The van der Waals surface area contributed by atoms with E-state index >= 15 is 0 Å². The molecule has 2 amide bonds. The second-order valence-electron chi connectivity index (χ2n) is 10.9. The van der Waals surface area contributed by atoms with Crippen molar-refractivity contribution in [3.63, 3.8) is 0 Å². The molecule has 6 nitrogen and oxygen atoms in total. The van der Waals surface area contributed by atoms with Crippen LogP contribution in [-0.2, 0) is 11.0 Å². The van der Waals surface area contributed by atoms with E-state index in [4.69, 9.17) is 9.84 Å². The molecule has 0 bridgehead atoms. The van der Waals surface area contributed by atoms with Crippen molar-refractivity contribution < 1.29 is 32.6 Å². The monoisotopic (exact) mass is 566 g/mol. The molecule has 2 aliphatic rings. The largest absolute Gasteiger partial charge is 0.486 e. The molecule has 3 aromatic rings. The standard InChI is InChI=1S/C32H33F3N2O4/c1-2-25-19-37(31(40)36-27-6-4-3-5-26(27)32(33,34)35)28-16-15-24(18-29(28)41-25)23-13-11-22(12-14-23)21-9-7-20(8-10-21)17-30(38)39/h3-6,11-16,18,20-21,25H,2,7-10,17,19H2,1H3,(H,36,40)(H,38,39)/t20-,21-,25?. The van der Waals surface area contributed by atoms with Crippen molar-refractivity contribution in [1.29, 1.82) is 0 Å². The fraction of sp³-hybridized carbons (Fsp3) is 0.375. The summed E-state index contributed by atoms with van der Waals surface area (Å²) in [6, 6.07) is 18.1. The van der Waals surface area contributed by atoms with Gasteiger partial charge >= 0.3 is 18.2 Å². The first-order valence-electron chi connectivity index (χ1n) is 14.0. The summed E-state index contributed by atoms with van der Waals surface area (Å²) < 4.78 is 46.6. The average Bonchev–Trinajstić information content (AvgIpc) is 2.96. The maximum atomic E-state index is 13.5. The Morgan fingerprint density at radius 3 is 2.32 bits per heavy atom. The van der Waals surface area contributed by atoms with Crippen molar-refractivity contribution >= 4 is 23.4 Å². The molecule has 0 radical (unpaired) electrons. The van der Waals surface area contributed by atoms with Gasteiger partial charge in [-0.2, -0.15) is 13.2 Å². The lowest BCUT2D eigenvalue weighted by atomic mass is 9.77. The molecule has 0 spiro atoms. The summed E-state index contributed by atoms with van der Waals surface area (Å²) in [5.74, 6) is 0.445. The molecule has 1 fully saturated rings. The summed E-state index contributed by atoms with van der Waals surface area (Å²) in [7, 11) is 0. The van der Waals surface area contributed by atoms with E-state index in [9.17, 15) is 22.8 Å². The molecule has 1 heterocycles.